The van der Waals surface area contributed by atoms with Crippen LogP contribution in [0.2, 0.25) is 0 Å². The molecule has 6 nitrogen and oxygen atoms in total. The predicted molar refractivity (Wildman–Crippen MR) is 96.2 cm³/mol. The lowest BCUT2D eigenvalue weighted by atomic mass is 9.45. The lowest BCUT2D eigenvalue weighted by molar-refractivity contribution is -0.183. The van der Waals surface area contributed by atoms with Gasteiger partial charge in [0.15, 0.2) is 5.82 Å². The van der Waals surface area contributed by atoms with Gasteiger partial charge in [0.2, 0.25) is 5.91 Å². The molecule has 2 bridgehead atoms. The second kappa shape index (κ2) is 7.02. The fourth-order valence-corrected chi connectivity index (χ4v) is 4.89. The number of hydrogen-bond donors (Lipinski definition) is 1. The monoisotopic (exact) mass is 366 g/mol. The van der Waals surface area contributed by atoms with Crippen molar-refractivity contribution >= 4 is 29.5 Å². The molecular formula is C18H26N2O4S. The standard InChI is InChI=1S/C18H26N2O4S/c1-10-5-15(20-24-10)19-16(21)8-25-9-17(22)23-14-7-12-6-13(11(14)2)18(12,3)4/h5,11-14H,6-9H2,1-4H3,(H,19,20,21)/t11-,12+,13-,14-/m0/s1. The lowest BCUT2D eigenvalue weighted by Crippen LogP contribution is -2.57. The summed E-state index contributed by atoms with van der Waals surface area (Å²) in [4.78, 5) is 23.9. The van der Waals surface area contributed by atoms with Gasteiger partial charge in [0, 0.05) is 6.07 Å². The quantitative estimate of drug-likeness (QED) is 0.778. The first-order valence-electron chi connectivity index (χ1n) is 8.77. The zero-order valence-electron chi connectivity index (χ0n) is 15.2. The average molecular weight is 366 g/mol. The highest BCUT2D eigenvalue weighted by molar-refractivity contribution is 8.00. The van der Waals surface area contributed by atoms with Gasteiger partial charge in [0.25, 0.3) is 0 Å². The molecule has 0 aliphatic heterocycles. The topological polar surface area (TPSA) is 81.4 Å². The summed E-state index contributed by atoms with van der Waals surface area (Å²) >= 11 is 1.25. The molecular weight excluding hydrogens is 340 g/mol. The van der Waals surface area contributed by atoms with E-state index in [2.05, 4.69) is 31.2 Å². The second-order valence-electron chi connectivity index (χ2n) is 7.85. The number of anilines is 1. The third-order valence-electron chi connectivity index (χ3n) is 5.92. The highest BCUT2D eigenvalue weighted by Gasteiger charge is 2.57. The summed E-state index contributed by atoms with van der Waals surface area (Å²) in [5.41, 5.74) is 0.384. The Labute approximate surface area is 152 Å². The van der Waals surface area contributed by atoms with Crippen LogP contribution in [0.25, 0.3) is 0 Å². The minimum absolute atomic E-state index is 0.0248. The number of nitrogens with zero attached hydrogens (tertiary/aromatic N) is 1. The van der Waals surface area contributed by atoms with Crippen LogP contribution < -0.4 is 5.32 Å². The van der Waals surface area contributed by atoms with Crippen LogP contribution in [0.1, 0.15) is 39.4 Å². The number of carbonyl (C=O) groups excluding carboxylic acids is 2. The van der Waals surface area contributed by atoms with Gasteiger partial charge in [-0.3, -0.25) is 9.59 Å². The van der Waals surface area contributed by atoms with Gasteiger partial charge in [-0.25, -0.2) is 0 Å². The zero-order valence-corrected chi connectivity index (χ0v) is 16.0. The molecule has 0 aromatic carbocycles. The van der Waals surface area contributed by atoms with Crippen LogP contribution >= 0.6 is 11.8 Å². The average Bonchev–Trinajstić information content (AvgIpc) is 2.93. The van der Waals surface area contributed by atoms with Gasteiger partial charge >= 0.3 is 5.97 Å². The first-order chi connectivity index (χ1) is 11.8. The molecule has 4 atom stereocenters. The zero-order chi connectivity index (χ0) is 18.2. The highest BCUT2D eigenvalue weighted by Crippen LogP contribution is 2.61. The smallest absolute Gasteiger partial charge is 0.316 e. The van der Waals surface area contributed by atoms with Crippen molar-refractivity contribution in [1.29, 1.82) is 0 Å². The third kappa shape index (κ3) is 3.86. The van der Waals surface area contributed by atoms with Crippen LogP contribution in [0.4, 0.5) is 5.82 Å². The maximum absolute atomic E-state index is 12.1. The molecule has 0 radical (unpaired) electrons. The summed E-state index contributed by atoms with van der Waals surface area (Å²) in [6.07, 6.45) is 2.25. The number of hydrogen-bond acceptors (Lipinski definition) is 6. The van der Waals surface area contributed by atoms with Crippen molar-refractivity contribution in [3.63, 3.8) is 0 Å². The molecule has 1 aromatic heterocycles. The van der Waals surface area contributed by atoms with Gasteiger partial charge in [0.1, 0.15) is 11.9 Å². The summed E-state index contributed by atoms with van der Waals surface area (Å²) < 4.78 is 10.6. The molecule has 3 aliphatic carbocycles. The van der Waals surface area contributed by atoms with Crippen LogP contribution in [0, 0.1) is 30.1 Å². The van der Waals surface area contributed by atoms with Crippen molar-refractivity contribution < 1.29 is 18.8 Å². The first kappa shape index (κ1) is 18.3. The minimum Gasteiger partial charge on any atom is -0.461 e. The van der Waals surface area contributed by atoms with Crippen LogP contribution in [-0.2, 0) is 14.3 Å². The number of amides is 1. The number of aryl methyl sites for hydroxylation is 1. The summed E-state index contributed by atoms with van der Waals surface area (Å²) in [5, 5.41) is 6.33. The molecule has 1 amide bonds. The second-order valence-corrected chi connectivity index (χ2v) is 8.83. The molecule has 138 valence electrons. The molecule has 0 unspecified atom stereocenters. The molecule has 1 aromatic rings. The molecule has 3 fully saturated rings. The van der Waals surface area contributed by atoms with Crippen molar-refractivity contribution in [2.75, 3.05) is 16.8 Å². The Morgan fingerprint density at radius 3 is 2.76 bits per heavy atom. The van der Waals surface area contributed by atoms with Crippen LogP contribution in [0.15, 0.2) is 10.6 Å². The summed E-state index contributed by atoms with van der Waals surface area (Å²) in [6.45, 7) is 8.60. The van der Waals surface area contributed by atoms with Crippen LogP contribution in [0.5, 0.6) is 0 Å². The van der Waals surface area contributed by atoms with E-state index in [0.717, 1.165) is 6.42 Å². The molecule has 25 heavy (non-hydrogen) atoms. The maximum atomic E-state index is 12.1. The van der Waals surface area contributed by atoms with Crippen molar-refractivity contribution in [2.24, 2.45) is 23.2 Å². The van der Waals surface area contributed by atoms with E-state index in [-0.39, 0.29) is 29.5 Å². The van der Waals surface area contributed by atoms with Gasteiger partial charge in [-0.1, -0.05) is 25.9 Å². The van der Waals surface area contributed by atoms with E-state index in [4.69, 9.17) is 9.26 Å². The molecule has 3 saturated carbocycles. The normalized spacial score (nSPS) is 29.6. The summed E-state index contributed by atoms with van der Waals surface area (Å²) in [7, 11) is 0. The van der Waals surface area contributed by atoms with E-state index in [1.54, 1.807) is 13.0 Å². The molecule has 1 heterocycles. The molecule has 4 rings (SSSR count). The summed E-state index contributed by atoms with van der Waals surface area (Å²) in [6, 6.07) is 1.65. The van der Waals surface area contributed by atoms with E-state index in [1.165, 1.54) is 18.2 Å². The number of ether oxygens (including phenoxy) is 1. The van der Waals surface area contributed by atoms with Crippen molar-refractivity contribution in [3.8, 4) is 0 Å². The molecule has 0 saturated heterocycles. The van der Waals surface area contributed by atoms with Gasteiger partial charge in [0.05, 0.1) is 11.5 Å². The van der Waals surface area contributed by atoms with Gasteiger partial charge in [-0.15, -0.1) is 11.8 Å². The first-order valence-corrected chi connectivity index (χ1v) is 9.93. The Bertz CT molecular complexity index is 657. The highest BCUT2D eigenvalue weighted by atomic mass is 32.2. The van der Waals surface area contributed by atoms with Crippen LogP contribution in [0.3, 0.4) is 0 Å². The van der Waals surface area contributed by atoms with E-state index in [0.29, 0.717) is 34.7 Å². The van der Waals surface area contributed by atoms with Gasteiger partial charge in [-0.05, 0) is 42.9 Å². The number of nitrogens with one attached hydrogen (secondary N) is 1. The number of esters is 1. The van der Waals surface area contributed by atoms with E-state index >= 15 is 0 Å². The van der Waals surface area contributed by atoms with E-state index in [9.17, 15) is 9.59 Å². The Kier molecular flexibility index (Phi) is 5.14. The molecule has 7 heteroatoms. The Balaban J connectivity index is 1.37. The van der Waals surface area contributed by atoms with Crippen molar-refractivity contribution in [1.82, 2.24) is 5.16 Å². The van der Waals surface area contributed by atoms with Crippen molar-refractivity contribution in [2.45, 2.75) is 46.6 Å². The Morgan fingerprint density at radius 1 is 1.40 bits per heavy atom. The van der Waals surface area contributed by atoms with Crippen molar-refractivity contribution in [3.05, 3.63) is 11.8 Å². The molecule has 0 spiro atoms. The number of rotatable bonds is 6. The SMILES string of the molecule is Cc1cc(NC(=O)CSCC(=O)O[C@H]2C[C@H]3C[C@@H]([C@@H]2C)C3(C)C)no1. The Hall–Kier alpha value is -1.50. The fraction of sp³-hybridized carbons (Fsp3) is 0.722. The molecule has 3 aliphatic rings. The number of carbonyl (C=O) groups is 2. The maximum Gasteiger partial charge on any atom is 0.316 e. The third-order valence-corrected chi connectivity index (χ3v) is 6.82. The molecule has 1 N–H and O–H groups in total. The largest absolute Gasteiger partial charge is 0.461 e. The van der Waals surface area contributed by atoms with Crippen LogP contribution in [-0.4, -0.2) is 34.6 Å². The minimum atomic E-state index is -0.231. The number of aromatic nitrogens is 1. The van der Waals surface area contributed by atoms with Gasteiger partial charge < -0.3 is 14.6 Å². The number of fused-ring (bicyclic) bond motifs is 2. The lowest BCUT2D eigenvalue weighted by Gasteiger charge is -2.61. The van der Waals surface area contributed by atoms with E-state index in [1.807, 2.05) is 0 Å². The summed E-state index contributed by atoms with van der Waals surface area (Å²) in [5.74, 6) is 2.67. The fourth-order valence-electron chi connectivity index (χ4n) is 4.29. The Morgan fingerprint density at radius 2 is 2.16 bits per heavy atom. The van der Waals surface area contributed by atoms with E-state index < -0.39 is 0 Å². The number of thioether (sulfide) groups is 1. The predicted octanol–water partition coefficient (Wildman–Crippen LogP) is 3.27. The van der Waals surface area contributed by atoms with Gasteiger partial charge in [-0.2, -0.15) is 0 Å².